The van der Waals surface area contributed by atoms with E-state index in [-0.39, 0.29) is 36.2 Å². The number of amides is 2. The molecule has 0 aromatic carbocycles. The van der Waals surface area contributed by atoms with E-state index >= 15 is 0 Å². The Bertz CT molecular complexity index is 1190. The zero-order chi connectivity index (χ0) is 29.7. The van der Waals surface area contributed by atoms with E-state index in [2.05, 4.69) is 14.5 Å². The standard InChI is InChI=1S/C18H23N5O6S2.C5H9NO2/c1-8(24)17(3,4)29-21-12(13-20-9(2)31-22-13)11(25)6-10-14(26)23-7-18(19,16(27)28-5)30-15(10)23;1-3-6(2)5(8)4-7/h10,15H,6-7,19H2,1-5H3;4H,3H2,1-2H3/b21-12+;/t10-,15?,18-;/m1./s1. The van der Waals surface area contributed by atoms with Crippen molar-refractivity contribution in [2.24, 2.45) is 16.8 Å². The molecule has 3 heterocycles. The number of likely N-dealkylation sites (N-methyl/N-ethyl adjacent to an activating group) is 1. The molecule has 0 spiro atoms. The number of carbonyl (C=O) groups excluding carboxylic acids is 6. The maximum atomic E-state index is 13.1. The predicted molar refractivity (Wildman–Crippen MR) is 142 cm³/mol. The first-order valence-electron chi connectivity index (χ1n) is 11.8. The second-order valence-corrected chi connectivity index (χ2v) is 11.7. The topological polar surface area (TPSA) is 192 Å². The highest BCUT2D eigenvalue weighted by Crippen LogP contribution is 2.48. The Kier molecular flexibility index (Phi) is 10.4. The van der Waals surface area contributed by atoms with Crippen molar-refractivity contribution in [2.75, 3.05) is 27.2 Å². The summed E-state index contributed by atoms with van der Waals surface area (Å²) in [6.07, 6.45) is 0.120. The van der Waals surface area contributed by atoms with E-state index in [1.807, 2.05) is 0 Å². The number of carbonyl (C=O) groups is 6. The SMILES string of the molecule is CCN(C)C(=O)C=O.COC(=O)[C@@]1(N)CN2C(=O)[C@@H](CC(=O)/C(=N\OC(C)(C)C(C)=O)c3nsc(C)n3)C2S1. The molecule has 1 aromatic heterocycles. The van der Waals surface area contributed by atoms with E-state index in [1.54, 1.807) is 20.9 Å². The second kappa shape index (κ2) is 12.7. The number of rotatable bonds is 10. The van der Waals surface area contributed by atoms with Gasteiger partial charge in [-0.25, -0.2) is 9.78 Å². The van der Waals surface area contributed by atoms with Gasteiger partial charge in [0.25, 0.3) is 5.91 Å². The van der Waals surface area contributed by atoms with Gasteiger partial charge in [-0.15, -0.1) is 11.8 Å². The van der Waals surface area contributed by atoms with Gasteiger partial charge >= 0.3 is 5.97 Å². The molecule has 3 rings (SSSR count). The molecule has 14 nitrogen and oxygen atoms in total. The molecule has 214 valence electrons. The van der Waals surface area contributed by atoms with Crippen LogP contribution in [0.5, 0.6) is 0 Å². The number of aromatic nitrogens is 2. The summed E-state index contributed by atoms with van der Waals surface area (Å²) in [6.45, 7) is 8.52. The number of ketones is 2. The Morgan fingerprint density at radius 2 is 1.97 bits per heavy atom. The zero-order valence-corrected chi connectivity index (χ0v) is 24.4. The van der Waals surface area contributed by atoms with Crippen molar-refractivity contribution in [2.45, 2.75) is 56.9 Å². The lowest BCUT2D eigenvalue weighted by molar-refractivity contribution is -0.152. The first-order valence-corrected chi connectivity index (χ1v) is 13.4. The normalized spacial score (nSPS) is 22.1. The Hall–Kier alpha value is -3.24. The third-order valence-corrected chi connectivity index (χ3v) is 8.25. The van der Waals surface area contributed by atoms with Gasteiger partial charge in [0.2, 0.25) is 12.2 Å². The van der Waals surface area contributed by atoms with Crippen molar-refractivity contribution in [1.29, 1.82) is 0 Å². The molecule has 2 fully saturated rings. The first kappa shape index (κ1) is 32.0. The Morgan fingerprint density at radius 3 is 2.44 bits per heavy atom. The Balaban J connectivity index is 0.000000580. The molecule has 0 saturated carbocycles. The molecule has 1 unspecified atom stereocenters. The van der Waals surface area contributed by atoms with Crippen LogP contribution in [0.2, 0.25) is 0 Å². The van der Waals surface area contributed by atoms with Crippen LogP contribution in [0.15, 0.2) is 5.16 Å². The number of fused-ring (bicyclic) bond motifs is 1. The van der Waals surface area contributed by atoms with Crippen molar-refractivity contribution in [1.82, 2.24) is 19.2 Å². The number of β-lactam (4-membered cyclic amide) rings is 1. The van der Waals surface area contributed by atoms with Crippen LogP contribution < -0.4 is 5.73 Å². The molecule has 16 heteroatoms. The molecular formula is C23H32N6O8S2. The van der Waals surface area contributed by atoms with E-state index < -0.39 is 39.4 Å². The highest BCUT2D eigenvalue weighted by Gasteiger charge is 2.61. The quantitative estimate of drug-likeness (QED) is 0.0962. The largest absolute Gasteiger partial charge is 0.467 e. The van der Waals surface area contributed by atoms with Crippen molar-refractivity contribution in [3.63, 3.8) is 0 Å². The number of ether oxygens (including phenoxy) is 1. The molecule has 2 aliphatic rings. The van der Waals surface area contributed by atoms with Gasteiger partial charge in [0.1, 0.15) is 5.01 Å². The fourth-order valence-corrected chi connectivity index (χ4v) is 5.25. The van der Waals surface area contributed by atoms with Crippen LogP contribution in [0.1, 0.15) is 44.9 Å². The summed E-state index contributed by atoms with van der Waals surface area (Å²) in [5, 5.41) is 4.08. The molecule has 0 aliphatic carbocycles. The summed E-state index contributed by atoms with van der Waals surface area (Å²) in [6, 6.07) is 0. The number of nitrogens with two attached hydrogens (primary N) is 1. The number of nitrogens with zero attached hydrogens (tertiary/aromatic N) is 5. The Morgan fingerprint density at radius 1 is 1.33 bits per heavy atom. The van der Waals surface area contributed by atoms with Gasteiger partial charge in [0.15, 0.2) is 33.6 Å². The lowest BCUT2D eigenvalue weighted by Crippen LogP contribution is -2.58. The number of aldehydes is 1. The van der Waals surface area contributed by atoms with Crippen LogP contribution in [0.3, 0.4) is 0 Å². The van der Waals surface area contributed by atoms with Crippen molar-refractivity contribution < 1.29 is 38.3 Å². The molecule has 3 atom stereocenters. The number of esters is 1. The van der Waals surface area contributed by atoms with Crippen LogP contribution in [0.4, 0.5) is 0 Å². The van der Waals surface area contributed by atoms with Gasteiger partial charge in [0.05, 0.1) is 24.9 Å². The number of Topliss-reactive ketones (excluding diaryl/α,β-unsaturated/α-hetero) is 2. The number of hydrogen-bond acceptors (Lipinski definition) is 14. The molecule has 1 aromatic rings. The van der Waals surface area contributed by atoms with Crippen molar-refractivity contribution >= 4 is 64.6 Å². The highest BCUT2D eigenvalue weighted by atomic mass is 32.2. The minimum atomic E-state index is -1.37. The van der Waals surface area contributed by atoms with Crippen LogP contribution in [0.25, 0.3) is 0 Å². The Labute approximate surface area is 233 Å². The summed E-state index contributed by atoms with van der Waals surface area (Å²) in [5.41, 5.74) is 4.67. The molecule has 0 bridgehead atoms. The molecule has 2 amide bonds. The maximum Gasteiger partial charge on any atom is 0.338 e. The summed E-state index contributed by atoms with van der Waals surface area (Å²) in [5.74, 6) is -2.78. The number of hydrogen-bond donors (Lipinski definition) is 1. The smallest absolute Gasteiger partial charge is 0.338 e. The molecule has 2 aliphatic heterocycles. The van der Waals surface area contributed by atoms with Crippen LogP contribution in [-0.4, -0.2) is 104 Å². The van der Waals surface area contributed by atoms with E-state index in [9.17, 15) is 28.8 Å². The monoisotopic (exact) mass is 584 g/mol. The highest BCUT2D eigenvalue weighted by molar-refractivity contribution is 8.02. The van der Waals surface area contributed by atoms with Gasteiger partial charge in [-0.3, -0.25) is 24.0 Å². The average molecular weight is 585 g/mol. The fourth-order valence-electron chi connectivity index (χ4n) is 3.27. The minimum absolute atomic E-state index is 0.0161. The van der Waals surface area contributed by atoms with Gasteiger partial charge in [-0.2, -0.15) is 4.37 Å². The van der Waals surface area contributed by atoms with E-state index in [4.69, 9.17) is 15.3 Å². The van der Waals surface area contributed by atoms with Gasteiger partial charge in [-0.05, 0) is 46.2 Å². The summed E-state index contributed by atoms with van der Waals surface area (Å²) < 4.78 is 8.84. The van der Waals surface area contributed by atoms with Crippen LogP contribution in [-0.2, 0) is 38.3 Å². The maximum absolute atomic E-state index is 13.1. The second-order valence-electron chi connectivity index (χ2n) is 9.29. The van der Waals surface area contributed by atoms with Crippen LogP contribution >= 0.6 is 23.3 Å². The third kappa shape index (κ3) is 7.24. The average Bonchev–Trinajstić information content (AvgIpc) is 3.47. The van der Waals surface area contributed by atoms with E-state index in [0.717, 1.165) is 23.3 Å². The number of methoxy groups -OCH3 is 1. The van der Waals surface area contributed by atoms with Crippen molar-refractivity contribution in [3.05, 3.63) is 10.8 Å². The fraction of sp³-hybridized carbons (Fsp3) is 0.609. The lowest BCUT2D eigenvalue weighted by atomic mass is 9.90. The molecule has 2 saturated heterocycles. The van der Waals surface area contributed by atoms with E-state index in [1.165, 1.54) is 37.7 Å². The molecular weight excluding hydrogens is 552 g/mol. The first-order chi connectivity index (χ1) is 18.1. The zero-order valence-electron chi connectivity index (χ0n) is 22.7. The molecule has 2 N–H and O–H groups in total. The third-order valence-electron chi connectivity index (χ3n) is 6.09. The lowest BCUT2D eigenvalue weighted by Gasteiger charge is -2.41. The number of thioether (sulfide) groups is 1. The molecule has 39 heavy (non-hydrogen) atoms. The van der Waals surface area contributed by atoms with Gasteiger partial charge < -0.3 is 25.1 Å². The van der Waals surface area contributed by atoms with Crippen LogP contribution in [0, 0.1) is 12.8 Å². The van der Waals surface area contributed by atoms with Gasteiger partial charge in [-0.1, -0.05) is 5.16 Å². The number of oxime groups is 1. The van der Waals surface area contributed by atoms with E-state index in [0.29, 0.717) is 17.8 Å². The van der Waals surface area contributed by atoms with Crippen molar-refractivity contribution in [3.8, 4) is 0 Å². The predicted octanol–water partition coefficient (Wildman–Crippen LogP) is -0.0831. The summed E-state index contributed by atoms with van der Waals surface area (Å²) >= 11 is 2.18. The minimum Gasteiger partial charge on any atom is -0.467 e. The summed E-state index contributed by atoms with van der Waals surface area (Å²) in [7, 11) is 2.81. The van der Waals surface area contributed by atoms with Gasteiger partial charge in [0, 0.05) is 20.0 Å². The number of aryl methyl sites for hydroxylation is 1. The molecule has 0 radical (unpaired) electrons. The summed E-state index contributed by atoms with van der Waals surface area (Å²) in [4.78, 5) is 80.2.